The number of alkyl halides is 3. The van der Waals surface area contributed by atoms with Gasteiger partial charge >= 0.3 is 6.18 Å². The molecule has 3 fully saturated rings. The van der Waals surface area contributed by atoms with E-state index in [0.717, 1.165) is 5.57 Å². The number of nitrogens with zero attached hydrogens (tertiary/aromatic N) is 1. The molecule has 230 valence electrons. The second-order valence-corrected chi connectivity index (χ2v) is 15.6. The number of ketones is 2. The molecular weight excluding hydrogens is 545 g/mol. The van der Waals surface area contributed by atoms with Crippen LogP contribution in [0.15, 0.2) is 23.3 Å². The minimum absolute atomic E-state index is 0.00629. The maximum Gasteiger partial charge on any atom is 0.405 e. The van der Waals surface area contributed by atoms with Crippen LogP contribution in [0.3, 0.4) is 0 Å². The van der Waals surface area contributed by atoms with Gasteiger partial charge in [-0.2, -0.15) is 18.4 Å². The summed E-state index contributed by atoms with van der Waals surface area (Å²) >= 11 is 0. The Labute approximate surface area is 246 Å². The van der Waals surface area contributed by atoms with Crippen molar-refractivity contribution >= 4 is 17.5 Å². The third-order valence-corrected chi connectivity index (χ3v) is 12.9. The lowest BCUT2D eigenvalue weighted by atomic mass is 9.34. The van der Waals surface area contributed by atoms with Crippen LogP contribution in [0.4, 0.5) is 13.2 Å². The number of nitrogens with one attached hydrogen (secondary N) is 1. The molecule has 0 aromatic rings. The molecule has 0 radical (unpaired) electrons. The monoisotopic (exact) mass is 588 g/mol. The normalized spacial score (nSPS) is 44.4. The highest BCUT2D eigenvalue weighted by Gasteiger charge is 2.71. The molecule has 0 unspecified atom stereocenters. The quantitative estimate of drug-likeness (QED) is 0.430. The van der Waals surface area contributed by atoms with Gasteiger partial charge in [0.25, 0.3) is 0 Å². The summed E-state index contributed by atoms with van der Waals surface area (Å²) in [6.07, 6.45) is 2.70. The molecule has 9 heteroatoms. The lowest BCUT2D eigenvalue weighted by molar-refractivity contribution is -0.181. The zero-order valence-corrected chi connectivity index (χ0v) is 25.5. The average Bonchev–Trinajstić information content (AvgIpc) is 2.90. The Morgan fingerprint density at radius 2 is 1.71 bits per heavy atom. The minimum Gasteiger partial charge on any atom is -0.395 e. The van der Waals surface area contributed by atoms with Crippen molar-refractivity contribution in [2.24, 2.45) is 50.2 Å². The molecule has 0 aliphatic heterocycles. The van der Waals surface area contributed by atoms with Crippen LogP contribution in [0, 0.1) is 61.6 Å². The van der Waals surface area contributed by atoms with E-state index in [1.54, 1.807) is 19.1 Å². The number of halogens is 3. The van der Waals surface area contributed by atoms with Crippen LogP contribution in [-0.2, 0) is 14.4 Å². The molecule has 0 heterocycles. The molecule has 5 aliphatic rings. The van der Waals surface area contributed by atoms with Crippen LogP contribution >= 0.6 is 0 Å². The highest BCUT2D eigenvalue weighted by Crippen LogP contribution is 2.74. The molecule has 5 rings (SSSR count). The van der Waals surface area contributed by atoms with E-state index in [9.17, 15) is 37.9 Å². The number of carbonyl (C=O) groups is 3. The molecule has 0 spiro atoms. The topological polar surface area (TPSA) is 107 Å². The Bertz CT molecular complexity index is 1340. The summed E-state index contributed by atoms with van der Waals surface area (Å²) in [6.45, 7) is 10.3. The Morgan fingerprint density at radius 1 is 1.07 bits per heavy atom. The number of hydrogen-bond donors (Lipinski definition) is 2. The van der Waals surface area contributed by atoms with Crippen molar-refractivity contribution in [3.05, 3.63) is 23.3 Å². The van der Waals surface area contributed by atoms with Gasteiger partial charge in [0, 0.05) is 11.3 Å². The molecule has 42 heavy (non-hydrogen) atoms. The van der Waals surface area contributed by atoms with Crippen molar-refractivity contribution in [3.63, 3.8) is 0 Å². The second kappa shape index (κ2) is 9.27. The second-order valence-electron chi connectivity index (χ2n) is 15.6. The molecular formula is C33H43F3N2O4. The Kier molecular flexibility index (Phi) is 6.83. The summed E-state index contributed by atoms with van der Waals surface area (Å²) < 4.78 is 39.4. The average molecular weight is 589 g/mol. The van der Waals surface area contributed by atoms with Crippen LogP contribution in [0.25, 0.3) is 0 Å². The summed E-state index contributed by atoms with van der Waals surface area (Å²) in [7, 11) is 0. The van der Waals surface area contributed by atoms with Gasteiger partial charge in [-0.25, -0.2) is 0 Å². The summed E-state index contributed by atoms with van der Waals surface area (Å²) in [5.41, 5.74) is -3.48. The van der Waals surface area contributed by atoms with E-state index in [2.05, 4.69) is 33.0 Å². The minimum atomic E-state index is -4.53. The van der Waals surface area contributed by atoms with Gasteiger partial charge in [-0.05, 0) is 86.0 Å². The molecule has 8 atom stereocenters. The van der Waals surface area contributed by atoms with E-state index in [0.29, 0.717) is 44.9 Å². The summed E-state index contributed by atoms with van der Waals surface area (Å²) in [5.74, 6) is -2.38. The number of aliphatic hydroxyl groups is 1. The fourth-order valence-electron chi connectivity index (χ4n) is 10.4. The number of fused-ring (bicyclic) bond motifs is 7. The van der Waals surface area contributed by atoms with Gasteiger partial charge in [-0.15, -0.1) is 0 Å². The molecule has 2 N–H and O–H groups in total. The third kappa shape index (κ3) is 4.03. The van der Waals surface area contributed by atoms with E-state index >= 15 is 0 Å². The summed E-state index contributed by atoms with van der Waals surface area (Å²) in [5, 5.41) is 22.5. The van der Waals surface area contributed by atoms with Gasteiger partial charge in [0.2, 0.25) is 5.91 Å². The smallest absolute Gasteiger partial charge is 0.395 e. The molecule has 0 saturated heterocycles. The van der Waals surface area contributed by atoms with Crippen molar-refractivity contribution in [1.29, 1.82) is 5.26 Å². The Balaban J connectivity index is 1.65. The van der Waals surface area contributed by atoms with Crippen molar-refractivity contribution < 1.29 is 32.7 Å². The number of Topliss-reactive ketones (excluding diaryl/α,β-unsaturated/α-hetero) is 1. The van der Waals surface area contributed by atoms with Crippen molar-refractivity contribution in [3.8, 4) is 6.07 Å². The highest BCUT2D eigenvalue weighted by atomic mass is 19.4. The molecule has 0 bridgehead atoms. The van der Waals surface area contributed by atoms with Gasteiger partial charge < -0.3 is 10.4 Å². The summed E-state index contributed by atoms with van der Waals surface area (Å²) in [4.78, 5) is 41.4. The van der Waals surface area contributed by atoms with E-state index in [1.165, 1.54) is 0 Å². The van der Waals surface area contributed by atoms with E-state index < -0.39 is 64.1 Å². The number of rotatable bonds is 3. The van der Waals surface area contributed by atoms with E-state index in [4.69, 9.17) is 0 Å². The fourth-order valence-corrected chi connectivity index (χ4v) is 10.4. The first-order valence-corrected chi connectivity index (χ1v) is 15.1. The van der Waals surface area contributed by atoms with E-state index in [1.807, 2.05) is 13.0 Å². The van der Waals surface area contributed by atoms with E-state index in [-0.39, 0.29) is 28.5 Å². The molecule has 5 aliphatic carbocycles. The fraction of sp³-hybridized carbons (Fsp3) is 0.758. The Hall–Kier alpha value is -2.47. The number of amides is 1. The van der Waals surface area contributed by atoms with Crippen LogP contribution in [0.5, 0.6) is 0 Å². The zero-order chi connectivity index (χ0) is 31.3. The van der Waals surface area contributed by atoms with Gasteiger partial charge in [0.1, 0.15) is 12.6 Å². The maximum absolute atomic E-state index is 14.5. The first-order valence-electron chi connectivity index (χ1n) is 15.1. The third-order valence-electron chi connectivity index (χ3n) is 12.9. The predicted molar refractivity (Wildman–Crippen MR) is 149 cm³/mol. The lowest BCUT2D eigenvalue weighted by Gasteiger charge is -2.69. The van der Waals surface area contributed by atoms with Crippen LogP contribution in [-0.4, -0.2) is 41.9 Å². The molecule has 0 aromatic carbocycles. The van der Waals surface area contributed by atoms with Gasteiger partial charge in [-0.1, -0.05) is 46.3 Å². The number of nitriles is 1. The first kappa shape index (κ1) is 31.0. The van der Waals surface area contributed by atoms with Crippen molar-refractivity contribution in [2.45, 2.75) is 92.7 Å². The number of hydrogen-bond acceptors (Lipinski definition) is 5. The van der Waals surface area contributed by atoms with Crippen LogP contribution in [0.1, 0.15) is 86.5 Å². The first-order chi connectivity index (χ1) is 19.2. The number of carbonyl (C=O) groups excluding carboxylic acids is 3. The Morgan fingerprint density at radius 3 is 2.31 bits per heavy atom. The molecule has 6 nitrogen and oxygen atoms in total. The standard InChI is InChI=1S/C33H43F3N2O4/c1-27(2)9-11-32(26(42)38-17-33(34,35)36)12-10-31(6)24(20(32)15-27)21(40)13-23-28(3)14-19(16-37)25(41)29(4,18-39)22(28)7-8-30(23,31)5/h13-14,20,22,24,39H,7-12,15,17-18H2,1-6H3,(H,38,42)/t20-,22+,24-,28-,29-,30+,31+,32-/m0/s1. The van der Waals surface area contributed by atoms with Gasteiger partial charge in [0.05, 0.1) is 23.0 Å². The lowest BCUT2D eigenvalue weighted by Crippen LogP contribution is -2.67. The van der Waals surface area contributed by atoms with Crippen molar-refractivity contribution in [1.82, 2.24) is 5.32 Å². The molecule has 3 saturated carbocycles. The maximum atomic E-state index is 14.5. The van der Waals surface area contributed by atoms with Crippen molar-refractivity contribution in [2.75, 3.05) is 13.2 Å². The van der Waals surface area contributed by atoms with Gasteiger partial charge in [0.15, 0.2) is 11.6 Å². The molecule has 1 amide bonds. The number of allylic oxidation sites excluding steroid dienone is 4. The SMILES string of the molecule is CC1(C)CC[C@]2(C(=O)NCC(F)(F)F)CC[C@]3(C)[C@H](C(=O)C=C4[C@@]5(C)C=C(C#N)C(=O)[C@@](C)(CO)[C@@H]5CC[C@]43C)[C@@H]2C1. The van der Waals surface area contributed by atoms with Crippen LogP contribution < -0.4 is 5.32 Å². The van der Waals surface area contributed by atoms with Crippen LogP contribution in [0.2, 0.25) is 0 Å². The number of aliphatic hydroxyl groups excluding tert-OH is 1. The van der Waals surface area contributed by atoms with Gasteiger partial charge in [-0.3, -0.25) is 14.4 Å². The highest BCUT2D eigenvalue weighted by molar-refractivity contribution is 6.05. The predicted octanol–water partition coefficient (Wildman–Crippen LogP) is 5.86. The zero-order valence-electron chi connectivity index (χ0n) is 25.5. The molecule has 0 aromatic heterocycles. The largest absolute Gasteiger partial charge is 0.405 e. The summed E-state index contributed by atoms with van der Waals surface area (Å²) in [6, 6.07) is 2.04.